The van der Waals surface area contributed by atoms with Crippen molar-refractivity contribution in [2.24, 2.45) is 0 Å². The van der Waals surface area contributed by atoms with Crippen LogP contribution < -0.4 is 4.65 Å². The molecule has 4 aromatic carbocycles. The zero-order chi connectivity index (χ0) is 21.2. The molecule has 1 aliphatic rings. The molecular weight excluding hydrogens is 381 g/mol. The van der Waals surface area contributed by atoms with E-state index in [1.165, 1.54) is 38.5 Å². The molecule has 1 heterocycles. The number of nitrogens with zero attached hydrogens (tertiary/aromatic N) is 1. The zero-order valence-electron chi connectivity index (χ0n) is 17.5. The first-order valence-corrected chi connectivity index (χ1v) is 10.5. The summed E-state index contributed by atoms with van der Waals surface area (Å²) in [5.74, 6) is 0.597. The third-order valence-corrected chi connectivity index (χ3v) is 6.64. The van der Waals surface area contributed by atoms with Gasteiger partial charge in [-0.05, 0) is 52.6 Å². The van der Waals surface area contributed by atoms with Crippen molar-refractivity contribution >= 4 is 29.5 Å². The van der Waals surface area contributed by atoms with Crippen LogP contribution in [-0.4, -0.2) is 17.3 Å². The topological polar surface area (TPSA) is 34.4 Å². The Morgan fingerprint density at radius 1 is 0.742 bits per heavy atom. The number of hydrogen-bond acceptors (Lipinski definition) is 2. The Labute approximate surface area is 181 Å². The first kappa shape index (κ1) is 18.3. The van der Waals surface area contributed by atoms with Crippen molar-refractivity contribution in [2.75, 3.05) is 0 Å². The lowest BCUT2D eigenvalue weighted by Gasteiger charge is -2.21. The van der Waals surface area contributed by atoms with Crippen LogP contribution in [0, 0.1) is 0 Å². The first-order valence-electron chi connectivity index (χ1n) is 10.5. The number of para-hydroxylation sites is 1. The van der Waals surface area contributed by atoms with E-state index in [9.17, 15) is 0 Å². The lowest BCUT2D eigenvalue weighted by molar-refractivity contribution is 0.454. The Kier molecular flexibility index (Phi) is 3.83. The van der Waals surface area contributed by atoms with Crippen molar-refractivity contribution in [2.45, 2.75) is 19.3 Å². The summed E-state index contributed by atoms with van der Waals surface area (Å²) >= 11 is 0. The Bertz CT molecular complexity index is 1480. The molecule has 31 heavy (non-hydrogen) atoms. The van der Waals surface area contributed by atoms with Gasteiger partial charge in [-0.1, -0.05) is 62.4 Å². The van der Waals surface area contributed by atoms with Gasteiger partial charge in [-0.15, -0.1) is 0 Å². The van der Waals surface area contributed by atoms with E-state index in [1.54, 1.807) is 0 Å². The summed E-state index contributed by atoms with van der Waals surface area (Å²) in [6.07, 6.45) is 0. The number of fused-ring (bicyclic) bond motifs is 6. The fourth-order valence-corrected chi connectivity index (χ4v) is 5.20. The number of aromatic nitrogens is 1. The lowest BCUT2D eigenvalue weighted by atomic mass is 9.82. The van der Waals surface area contributed by atoms with E-state index in [4.69, 9.17) is 9.68 Å². The molecule has 0 aliphatic heterocycles. The van der Waals surface area contributed by atoms with Crippen LogP contribution in [0.4, 0.5) is 0 Å². The number of benzene rings is 4. The van der Waals surface area contributed by atoms with Crippen LogP contribution in [-0.2, 0) is 5.41 Å². The first-order chi connectivity index (χ1) is 15.1. The van der Waals surface area contributed by atoms with Gasteiger partial charge in [-0.3, -0.25) is 0 Å². The second kappa shape index (κ2) is 6.50. The van der Waals surface area contributed by atoms with E-state index >= 15 is 0 Å². The van der Waals surface area contributed by atoms with Gasteiger partial charge in [-0.25, -0.2) is 0 Å². The Morgan fingerprint density at radius 2 is 1.55 bits per heavy atom. The predicted molar refractivity (Wildman–Crippen MR) is 127 cm³/mol. The van der Waals surface area contributed by atoms with E-state index in [0.717, 1.165) is 18.9 Å². The van der Waals surface area contributed by atoms with Gasteiger partial charge in [0.2, 0.25) is 0 Å². The summed E-state index contributed by atoms with van der Waals surface area (Å²) in [6, 6.07) is 29.8. The molecule has 1 aromatic heterocycles. The van der Waals surface area contributed by atoms with Crippen LogP contribution in [0.25, 0.3) is 38.6 Å². The molecule has 5 aromatic rings. The molecule has 149 valence electrons. The summed E-state index contributed by atoms with van der Waals surface area (Å²) in [5.41, 5.74) is 8.64. The van der Waals surface area contributed by atoms with Crippen molar-refractivity contribution in [3.05, 3.63) is 96.1 Å². The molecule has 0 saturated heterocycles. The Hall–Kier alpha value is -3.50. The monoisotopic (exact) mass is 402 g/mol. The Balaban J connectivity index is 1.71. The van der Waals surface area contributed by atoms with Gasteiger partial charge in [0.25, 0.3) is 0 Å². The fourth-order valence-electron chi connectivity index (χ4n) is 5.20. The number of hydrogen-bond donors (Lipinski definition) is 1. The van der Waals surface area contributed by atoms with Crippen LogP contribution in [0.3, 0.4) is 0 Å². The highest BCUT2D eigenvalue weighted by molar-refractivity contribution is 6.17. The minimum absolute atomic E-state index is 0.0573. The SMILES string of the molecule is CC1(C)c2ccccc2-c2cc3c4ccccc4n(-c4cccc(O[B]O)c4)c3cc21. The van der Waals surface area contributed by atoms with E-state index < -0.39 is 0 Å². The minimum Gasteiger partial charge on any atom is -0.537 e. The maximum atomic E-state index is 9.08. The highest BCUT2D eigenvalue weighted by Crippen LogP contribution is 2.50. The summed E-state index contributed by atoms with van der Waals surface area (Å²) in [5, 5.41) is 11.5. The lowest BCUT2D eigenvalue weighted by Crippen LogP contribution is -2.14. The van der Waals surface area contributed by atoms with E-state index in [-0.39, 0.29) is 5.41 Å². The molecule has 1 aliphatic carbocycles. The third-order valence-electron chi connectivity index (χ3n) is 6.64. The van der Waals surface area contributed by atoms with Gasteiger partial charge in [0.15, 0.2) is 0 Å². The van der Waals surface area contributed by atoms with Crippen LogP contribution >= 0.6 is 0 Å². The van der Waals surface area contributed by atoms with Crippen molar-refractivity contribution < 1.29 is 9.68 Å². The number of rotatable bonds is 3. The minimum atomic E-state index is -0.0573. The molecular formula is C27H21BNO2. The maximum Gasteiger partial charge on any atom is 0.569 e. The van der Waals surface area contributed by atoms with Crippen molar-refractivity contribution in [1.82, 2.24) is 4.57 Å². The molecule has 0 spiro atoms. The molecule has 0 fully saturated rings. The van der Waals surface area contributed by atoms with Crippen molar-refractivity contribution in [3.8, 4) is 22.6 Å². The van der Waals surface area contributed by atoms with Gasteiger partial charge in [0, 0.05) is 27.9 Å². The molecule has 0 atom stereocenters. The van der Waals surface area contributed by atoms with E-state index in [1.807, 2.05) is 18.2 Å². The zero-order valence-corrected chi connectivity index (χ0v) is 17.5. The van der Waals surface area contributed by atoms with Gasteiger partial charge < -0.3 is 14.2 Å². The summed E-state index contributed by atoms with van der Waals surface area (Å²) < 4.78 is 7.52. The highest BCUT2D eigenvalue weighted by atomic mass is 16.5. The fraction of sp³-hybridized carbons (Fsp3) is 0.111. The van der Waals surface area contributed by atoms with Crippen molar-refractivity contribution in [1.29, 1.82) is 0 Å². The van der Waals surface area contributed by atoms with Gasteiger partial charge in [0.05, 0.1) is 11.0 Å². The van der Waals surface area contributed by atoms with E-state index in [2.05, 4.69) is 85.1 Å². The van der Waals surface area contributed by atoms with Crippen molar-refractivity contribution in [3.63, 3.8) is 0 Å². The average molecular weight is 402 g/mol. The summed E-state index contributed by atoms with van der Waals surface area (Å²) in [6.45, 7) is 4.62. The van der Waals surface area contributed by atoms with Crippen LogP contribution in [0.2, 0.25) is 0 Å². The smallest absolute Gasteiger partial charge is 0.537 e. The molecule has 6 rings (SSSR count). The quantitative estimate of drug-likeness (QED) is 0.376. The van der Waals surface area contributed by atoms with Crippen LogP contribution in [0.15, 0.2) is 84.9 Å². The van der Waals surface area contributed by atoms with Crippen LogP contribution in [0.5, 0.6) is 5.75 Å². The van der Waals surface area contributed by atoms with E-state index in [0.29, 0.717) is 5.75 Å². The largest absolute Gasteiger partial charge is 0.569 e. The second-order valence-corrected chi connectivity index (χ2v) is 8.66. The normalized spacial score (nSPS) is 13.9. The molecule has 3 nitrogen and oxygen atoms in total. The van der Waals surface area contributed by atoms with Gasteiger partial charge in [-0.2, -0.15) is 0 Å². The molecule has 0 unspecified atom stereocenters. The molecule has 4 heteroatoms. The van der Waals surface area contributed by atoms with Gasteiger partial charge >= 0.3 is 7.69 Å². The molecule has 0 saturated carbocycles. The summed E-state index contributed by atoms with van der Waals surface area (Å²) in [4.78, 5) is 0. The Morgan fingerprint density at radius 3 is 2.42 bits per heavy atom. The van der Waals surface area contributed by atoms with Crippen LogP contribution in [0.1, 0.15) is 25.0 Å². The van der Waals surface area contributed by atoms with Gasteiger partial charge in [0.1, 0.15) is 5.75 Å². The molecule has 1 N–H and O–H groups in total. The summed E-state index contributed by atoms with van der Waals surface area (Å²) in [7, 11) is 0.720. The average Bonchev–Trinajstić information content (AvgIpc) is 3.23. The maximum absolute atomic E-state index is 9.08. The third kappa shape index (κ3) is 2.52. The highest BCUT2D eigenvalue weighted by Gasteiger charge is 2.36. The molecule has 0 amide bonds. The predicted octanol–water partition coefficient (Wildman–Crippen LogP) is 6.00. The standard InChI is InChI=1S/C27H21BNO2/c1-27(2)23-12-5-3-10-19(23)21-15-22-20-11-4-6-13-25(20)29(26(22)16-24(21)27)17-8-7-9-18(14-17)31-28-30/h3-16,30H,1-2H3. The second-order valence-electron chi connectivity index (χ2n) is 8.66. The molecule has 1 radical (unpaired) electrons. The molecule has 0 bridgehead atoms.